The topological polar surface area (TPSA) is 61.5 Å². The molecular weight excluding hydrogens is 250 g/mol. The van der Waals surface area contributed by atoms with Gasteiger partial charge < -0.3 is 15.2 Å². The van der Waals surface area contributed by atoms with E-state index in [1.165, 1.54) is 7.11 Å². The van der Waals surface area contributed by atoms with Crippen LogP contribution < -0.4 is 10.5 Å². The van der Waals surface area contributed by atoms with Crippen LogP contribution in [0.3, 0.4) is 0 Å². The first-order valence-corrected chi connectivity index (χ1v) is 6.90. The summed E-state index contributed by atoms with van der Waals surface area (Å²) < 4.78 is 10.2. The third kappa shape index (κ3) is 4.98. The Kier molecular flexibility index (Phi) is 6.60. The van der Waals surface area contributed by atoms with E-state index in [2.05, 4.69) is 4.74 Å². The average molecular weight is 269 g/mol. The largest absolute Gasteiger partial charge is 0.492 e. The number of ether oxygens (including phenoxy) is 2. The zero-order chi connectivity index (χ0) is 13.4. The number of esters is 1. The number of hydrogen-bond acceptors (Lipinski definition) is 5. The van der Waals surface area contributed by atoms with E-state index < -0.39 is 6.04 Å². The predicted octanol–water partition coefficient (Wildman–Crippen LogP) is 1.61. The Morgan fingerprint density at radius 3 is 2.83 bits per heavy atom. The van der Waals surface area contributed by atoms with Crippen molar-refractivity contribution in [3.8, 4) is 5.75 Å². The summed E-state index contributed by atoms with van der Waals surface area (Å²) in [5, 5.41) is 0. The van der Waals surface area contributed by atoms with E-state index in [9.17, 15) is 4.79 Å². The van der Waals surface area contributed by atoms with Crippen molar-refractivity contribution in [3.05, 3.63) is 29.8 Å². The molecule has 0 bridgehead atoms. The Bertz CT molecular complexity index is 384. The average Bonchev–Trinajstić information content (AvgIpc) is 2.39. The molecule has 0 saturated heterocycles. The number of thioether (sulfide) groups is 1. The molecule has 100 valence electrons. The van der Waals surface area contributed by atoms with Gasteiger partial charge in [-0.25, -0.2) is 0 Å². The van der Waals surface area contributed by atoms with Crippen LogP contribution in [0.2, 0.25) is 0 Å². The Hall–Kier alpha value is -1.20. The molecule has 0 aliphatic heterocycles. The van der Waals surface area contributed by atoms with E-state index in [4.69, 9.17) is 10.5 Å². The molecule has 0 radical (unpaired) electrons. The molecule has 1 unspecified atom stereocenters. The molecule has 0 heterocycles. The van der Waals surface area contributed by atoms with Crippen molar-refractivity contribution in [1.82, 2.24) is 0 Å². The van der Waals surface area contributed by atoms with Gasteiger partial charge in [0, 0.05) is 11.5 Å². The maximum absolute atomic E-state index is 11.0. The summed E-state index contributed by atoms with van der Waals surface area (Å²) in [6, 6.07) is 7.32. The second-order valence-corrected chi connectivity index (χ2v) is 4.97. The minimum Gasteiger partial charge on any atom is -0.492 e. The van der Waals surface area contributed by atoms with Crippen molar-refractivity contribution < 1.29 is 14.3 Å². The molecular formula is C13H19NO3S. The van der Waals surface area contributed by atoms with Gasteiger partial charge in [0.05, 0.1) is 13.7 Å². The molecule has 2 N–H and O–H groups in total. The van der Waals surface area contributed by atoms with Crippen LogP contribution in [-0.2, 0) is 9.53 Å². The number of rotatable bonds is 7. The van der Waals surface area contributed by atoms with Gasteiger partial charge in [0.1, 0.15) is 11.8 Å². The van der Waals surface area contributed by atoms with Gasteiger partial charge in [-0.15, -0.1) is 0 Å². The monoisotopic (exact) mass is 269 g/mol. The fourth-order valence-corrected chi connectivity index (χ4v) is 2.12. The second-order valence-electron chi connectivity index (χ2n) is 3.82. The molecule has 0 amide bonds. The first-order chi connectivity index (χ1) is 8.65. The van der Waals surface area contributed by atoms with Gasteiger partial charge in [0.15, 0.2) is 0 Å². The highest BCUT2D eigenvalue weighted by Crippen LogP contribution is 2.16. The van der Waals surface area contributed by atoms with Crippen molar-refractivity contribution in [2.45, 2.75) is 13.0 Å². The molecule has 1 rings (SSSR count). The zero-order valence-electron chi connectivity index (χ0n) is 10.7. The van der Waals surface area contributed by atoms with Crippen molar-refractivity contribution in [2.24, 2.45) is 5.73 Å². The van der Waals surface area contributed by atoms with E-state index in [0.717, 1.165) is 17.1 Å². The summed E-state index contributed by atoms with van der Waals surface area (Å²) in [4.78, 5) is 11.0. The van der Waals surface area contributed by atoms with E-state index in [0.29, 0.717) is 12.4 Å². The van der Waals surface area contributed by atoms with Gasteiger partial charge in [0.25, 0.3) is 0 Å². The predicted molar refractivity (Wildman–Crippen MR) is 74.0 cm³/mol. The van der Waals surface area contributed by atoms with Crippen LogP contribution in [0.4, 0.5) is 0 Å². The summed E-state index contributed by atoms with van der Waals surface area (Å²) >= 11 is 1.58. The summed E-state index contributed by atoms with van der Waals surface area (Å²) in [5.41, 5.74) is 6.73. The SMILES string of the molecule is COC(=O)C(N)CSCCOc1ccccc1C. The van der Waals surface area contributed by atoms with Crippen molar-refractivity contribution >= 4 is 17.7 Å². The van der Waals surface area contributed by atoms with Crippen LogP contribution in [-0.4, -0.2) is 37.2 Å². The first-order valence-electron chi connectivity index (χ1n) is 5.74. The summed E-state index contributed by atoms with van der Waals surface area (Å²) in [6.07, 6.45) is 0. The minimum absolute atomic E-state index is 0.373. The van der Waals surface area contributed by atoms with Gasteiger partial charge in [-0.1, -0.05) is 18.2 Å². The number of carbonyl (C=O) groups excluding carboxylic acids is 1. The highest BCUT2D eigenvalue weighted by molar-refractivity contribution is 7.99. The number of nitrogens with two attached hydrogens (primary N) is 1. The highest BCUT2D eigenvalue weighted by Gasteiger charge is 2.12. The molecule has 0 aliphatic carbocycles. The van der Waals surface area contributed by atoms with Crippen LogP contribution in [0.15, 0.2) is 24.3 Å². The van der Waals surface area contributed by atoms with Crippen LogP contribution in [0.5, 0.6) is 5.75 Å². The number of para-hydroxylation sites is 1. The minimum atomic E-state index is -0.557. The normalized spacial score (nSPS) is 11.9. The van der Waals surface area contributed by atoms with Gasteiger partial charge in [-0.05, 0) is 18.6 Å². The molecule has 4 nitrogen and oxygen atoms in total. The van der Waals surface area contributed by atoms with Crippen LogP contribution in [0.1, 0.15) is 5.56 Å². The van der Waals surface area contributed by atoms with Gasteiger partial charge >= 0.3 is 5.97 Å². The van der Waals surface area contributed by atoms with Gasteiger partial charge in [-0.2, -0.15) is 11.8 Å². The highest BCUT2D eigenvalue weighted by atomic mass is 32.2. The van der Waals surface area contributed by atoms with Gasteiger partial charge in [-0.3, -0.25) is 4.79 Å². The molecule has 1 aromatic rings. The third-order valence-electron chi connectivity index (χ3n) is 2.38. The second kappa shape index (κ2) is 8.00. The lowest BCUT2D eigenvalue weighted by Gasteiger charge is -2.10. The van der Waals surface area contributed by atoms with Crippen molar-refractivity contribution in [3.63, 3.8) is 0 Å². The molecule has 0 saturated carbocycles. The molecule has 1 atom stereocenters. The van der Waals surface area contributed by atoms with Crippen molar-refractivity contribution in [1.29, 1.82) is 0 Å². The lowest BCUT2D eigenvalue weighted by atomic mass is 10.2. The fourth-order valence-electron chi connectivity index (χ4n) is 1.36. The van der Waals surface area contributed by atoms with Crippen LogP contribution in [0.25, 0.3) is 0 Å². The van der Waals surface area contributed by atoms with E-state index in [1.807, 2.05) is 31.2 Å². The Labute approximate surface area is 112 Å². The maximum atomic E-state index is 11.0. The molecule has 0 spiro atoms. The van der Waals surface area contributed by atoms with Gasteiger partial charge in [0.2, 0.25) is 0 Å². The number of aryl methyl sites for hydroxylation is 1. The van der Waals surface area contributed by atoms with E-state index in [-0.39, 0.29) is 5.97 Å². The molecule has 5 heteroatoms. The zero-order valence-corrected chi connectivity index (χ0v) is 11.5. The molecule has 1 aromatic carbocycles. The Morgan fingerprint density at radius 2 is 2.17 bits per heavy atom. The summed E-state index contributed by atoms with van der Waals surface area (Å²) in [5.74, 6) is 1.86. The lowest BCUT2D eigenvalue weighted by molar-refractivity contribution is -0.141. The maximum Gasteiger partial charge on any atom is 0.323 e. The molecule has 0 fully saturated rings. The smallest absolute Gasteiger partial charge is 0.323 e. The van der Waals surface area contributed by atoms with Crippen LogP contribution >= 0.6 is 11.8 Å². The number of benzene rings is 1. The summed E-state index contributed by atoms with van der Waals surface area (Å²) in [7, 11) is 1.34. The Morgan fingerprint density at radius 1 is 1.44 bits per heavy atom. The molecule has 0 aromatic heterocycles. The standard InChI is InChI=1S/C13H19NO3S/c1-10-5-3-4-6-12(10)17-7-8-18-9-11(14)13(15)16-2/h3-6,11H,7-9,14H2,1-2H3. The number of methoxy groups -OCH3 is 1. The van der Waals surface area contributed by atoms with Crippen LogP contribution in [0, 0.1) is 6.92 Å². The van der Waals surface area contributed by atoms with E-state index >= 15 is 0 Å². The Balaban J connectivity index is 2.16. The number of carbonyl (C=O) groups is 1. The third-order valence-corrected chi connectivity index (χ3v) is 3.43. The fraction of sp³-hybridized carbons (Fsp3) is 0.462. The lowest BCUT2D eigenvalue weighted by Crippen LogP contribution is -2.34. The molecule has 18 heavy (non-hydrogen) atoms. The van der Waals surface area contributed by atoms with Crippen molar-refractivity contribution in [2.75, 3.05) is 25.2 Å². The summed E-state index contributed by atoms with van der Waals surface area (Å²) in [6.45, 7) is 2.61. The number of hydrogen-bond donors (Lipinski definition) is 1. The quantitative estimate of drug-likeness (QED) is 0.602. The van der Waals surface area contributed by atoms with E-state index in [1.54, 1.807) is 11.8 Å². The first kappa shape index (κ1) is 14.9. The molecule has 0 aliphatic rings.